The van der Waals surface area contributed by atoms with Crippen LogP contribution < -0.4 is 4.90 Å². The molecule has 2 aromatic carbocycles. The number of hydrogen-bond donors (Lipinski definition) is 0. The van der Waals surface area contributed by atoms with E-state index in [0.29, 0.717) is 31.7 Å². The maximum atomic E-state index is 13.0. The summed E-state index contributed by atoms with van der Waals surface area (Å²) < 4.78 is 18.2. The number of benzene rings is 2. The minimum Gasteiger partial charge on any atom is -0.452 e. The van der Waals surface area contributed by atoms with Crippen molar-refractivity contribution in [2.45, 2.75) is 6.92 Å². The predicted molar refractivity (Wildman–Crippen MR) is 96.7 cm³/mol. The van der Waals surface area contributed by atoms with Gasteiger partial charge in [-0.05, 0) is 42.8 Å². The molecule has 1 heterocycles. The molecule has 0 aliphatic carbocycles. The number of rotatable bonds is 4. The van der Waals surface area contributed by atoms with Gasteiger partial charge in [-0.1, -0.05) is 18.2 Å². The van der Waals surface area contributed by atoms with E-state index in [9.17, 15) is 14.0 Å². The van der Waals surface area contributed by atoms with Gasteiger partial charge >= 0.3 is 5.97 Å². The molecule has 26 heavy (non-hydrogen) atoms. The van der Waals surface area contributed by atoms with E-state index >= 15 is 0 Å². The Labute approximate surface area is 152 Å². The highest BCUT2D eigenvalue weighted by atomic mass is 19.1. The number of carbonyl (C=O) groups excluding carboxylic acids is 2. The van der Waals surface area contributed by atoms with Gasteiger partial charge in [-0.3, -0.25) is 4.79 Å². The van der Waals surface area contributed by atoms with Crippen LogP contribution in [0.25, 0.3) is 0 Å². The van der Waals surface area contributed by atoms with Crippen molar-refractivity contribution in [3.63, 3.8) is 0 Å². The van der Waals surface area contributed by atoms with Crippen molar-refractivity contribution >= 4 is 17.6 Å². The summed E-state index contributed by atoms with van der Waals surface area (Å²) in [5.41, 5.74) is 2.23. The van der Waals surface area contributed by atoms with Gasteiger partial charge in [0.05, 0.1) is 5.56 Å². The zero-order valence-electron chi connectivity index (χ0n) is 14.7. The van der Waals surface area contributed by atoms with Crippen molar-refractivity contribution in [2.24, 2.45) is 0 Å². The zero-order valence-corrected chi connectivity index (χ0v) is 14.7. The maximum absolute atomic E-state index is 13.0. The van der Waals surface area contributed by atoms with Crippen LogP contribution in [0.5, 0.6) is 0 Å². The van der Waals surface area contributed by atoms with E-state index in [1.165, 1.54) is 12.1 Å². The van der Waals surface area contributed by atoms with Gasteiger partial charge in [-0.2, -0.15) is 0 Å². The first kappa shape index (κ1) is 17.9. The normalized spacial score (nSPS) is 14.2. The fourth-order valence-electron chi connectivity index (χ4n) is 2.96. The van der Waals surface area contributed by atoms with Crippen LogP contribution in [-0.4, -0.2) is 49.6 Å². The number of piperazine rings is 1. The minimum absolute atomic E-state index is 0.203. The highest BCUT2D eigenvalue weighted by Gasteiger charge is 2.22. The number of carbonyl (C=O) groups is 2. The van der Waals surface area contributed by atoms with Crippen molar-refractivity contribution in [1.29, 1.82) is 0 Å². The molecule has 0 N–H and O–H groups in total. The summed E-state index contributed by atoms with van der Waals surface area (Å²) in [6.07, 6.45) is 0. The molecule has 1 saturated heterocycles. The smallest absolute Gasteiger partial charge is 0.338 e. The average molecular weight is 356 g/mol. The van der Waals surface area contributed by atoms with Gasteiger partial charge in [-0.15, -0.1) is 0 Å². The van der Waals surface area contributed by atoms with Crippen LogP contribution in [-0.2, 0) is 9.53 Å². The van der Waals surface area contributed by atoms with Crippen molar-refractivity contribution < 1.29 is 18.7 Å². The summed E-state index contributed by atoms with van der Waals surface area (Å²) >= 11 is 0. The van der Waals surface area contributed by atoms with Gasteiger partial charge in [-0.25, -0.2) is 9.18 Å². The largest absolute Gasteiger partial charge is 0.452 e. The Morgan fingerprint density at radius 2 is 1.65 bits per heavy atom. The number of hydrogen-bond acceptors (Lipinski definition) is 4. The molecule has 6 heteroatoms. The lowest BCUT2D eigenvalue weighted by Crippen LogP contribution is -2.49. The van der Waals surface area contributed by atoms with Gasteiger partial charge in [0, 0.05) is 31.9 Å². The van der Waals surface area contributed by atoms with Crippen LogP contribution in [0.1, 0.15) is 15.9 Å². The quantitative estimate of drug-likeness (QED) is 0.791. The van der Waals surface area contributed by atoms with E-state index in [1.54, 1.807) is 29.2 Å². The first-order valence-corrected chi connectivity index (χ1v) is 8.55. The molecule has 0 bridgehead atoms. The molecule has 0 spiro atoms. The van der Waals surface area contributed by atoms with Crippen LogP contribution >= 0.6 is 0 Å². The number of halogens is 1. The molecular weight excluding hydrogens is 335 g/mol. The number of nitrogens with zero attached hydrogens (tertiary/aromatic N) is 2. The van der Waals surface area contributed by atoms with Crippen LogP contribution in [0.3, 0.4) is 0 Å². The Kier molecular flexibility index (Phi) is 5.51. The highest BCUT2D eigenvalue weighted by Crippen LogP contribution is 2.17. The number of aryl methyl sites for hydroxylation is 1. The lowest BCUT2D eigenvalue weighted by molar-refractivity contribution is -0.134. The topological polar surface area (TPSA) is 49.9 Å². The standard InChI is InChI=1S/C20H21FN2O3/c1-15-4-2-3-5-18(15)20(25)26-14-19(24)23-12-10-22(11-13-23)17-8-6-16(21)7-9-17/h2-9H,10-14H2,1H3. The van der Waals surface area contributed by atoms with Crippen molar-refractivity contribution in [1.82, 2.24) is 4.90 Å². The van der Waals surface area contributed by atoms with E-state index in [0.717, 1.165) is 11.3 Å². The molecular formula is C20H21FN2O3. The Bertz CT molecular complexity index is 784. The van der Waals surface area contributed by atoms with Crippen LogP contribution in [0.15, 0.2) is 48.5 Å². The van der Waals surface area contributed by atoms with E-state index in [2.05, 4.69) is 4.90 Å². The van der Waals surface area contributed by atoms with Crippen LogP contribution in [0.2, 0.25) is 0 Å². The molecule has 0 atom stereocenters. The Hall–Kier alpha value is -2.89. The van der Waals surface area contributed by atoms with E-state index < -0.39 is 5.97 Å². The molecule has 5 nitrogen and oxygen atoms in total. The second-order valence-corrected chi connectivity index (χ2v) is 6.24. The molecule has 0 aromatic heterocycles. The van der Waals surface area contributed by atoms with Crippen LogP contribution in [0.4, 0.5) is 10.1 Å². The Morgan fingerprint density at radius 3 is 2.31 bits per heavy atom. The molecule has 1 amide bonds. The number of amides is 1. The summed E-state index contributed by atoms with van der Waals surface area (Å²) in [4.78, 5) is 28.2. The zero-order chi connectivity index (χ0) is 18.5. The van der Waals surface area contributed by atoms with Gasteiger partial charge in [0.1, 0.15) is 5.82 Å². The summed E-state index contributed by atoms with van der Waals surface area (Å²) in [7, 11) is 0. The second-order valence-electron chi connectivity index (χ2n) is 6.24. The summed E-state index contributed by atoms with van der Waals surface area (Å²) in [5, 5.41) is 0. The molecule has 1 aliphatic rings. The fourth-order valence-corrected chi connectivity index (χ4v) is 2.96. The number of ether oxygens (including phenoxy) is 1. The monoisotopic (exact) mass is 356 g/mol. The SMILES string of the molecule is Cc1ccccc1C(=O)OCC(=O)N1CCN(c2ccc(F)cc2)CC1. The lowest BCUT2D eigenvalue weighted by Gasteiger charge is -2.36. The predicted octanol–water partition coefficient (Wildman–Crippen LogP) is 2.64. The third-order valence-corrected chi connectivity index (χ3v) is 4.52. The average Bonchev–Trinajstić information content (AvgIpc) is 2.67. The Balaban J connectivity index is 1.48. The van der Waals surface area contributed by atoms with Crippen molar-refractivity contribution in [3.8, 4) is 0 Å². The minimum atomic E-state index is -0.485. The van der Waals surface area contributed by atoms with E-state index in [-0.39, 0.29) is 18.3 Å². The highest BCUT2D eigenvalue weighted by molar-refractivity contribution is 5.92. The molecule has 0 radical (unpaired) electrons. The molecule has 0 unspecified atom stereocenters. The summed E-state index contributed by atoms with van der Waals surface area (Å²) in [6.45, 7) is 3.96. The third-order valence-electron chi connectivity index (χ3n) is 4.52. The fraction of sp³-hybridized carbons (Fsp3) is 0.300. The second kappa shape index (κ2) is 7.99. The molecule has 1 aliphatic heterocycles. The molecule has 1 fully saturated rings. The molecule has 2 aromatic rings. The summed E-state index contributed by atoms with van der Waals surface area (Å²) in [5.74, 6) is -0.954. The Morgan fingerprint density at radius 1 is 1.00 bits per heavy atom. The van der Waals surface area contributed by atoms with Crippen molar-refractivity contribution in [3.05, 3.63) is 65.5 Å². The molecule has 3 rings (SSSR count). The van der Waals surface area contributed by atoms with Gasteiger partial charge in [0.15, 0.2) is 6.61 Å². The van der Waals surface area contributed by atoms with E-state index in [4.69, 9.17) is 4.74 Å². The van der Waals surface area contributed by atoms with Crippen molar-refractivity contribution in [2.75, 3.05) is 37.7 Å². The summed E-state index contributed by atoms with van der Waals surface area (Å²) in [6, 6.07) is 13.4. The van der Waals surface area contributed by atoms with Gasteiger partial charge in [0.25, 0.3) is 5.91 Å². The van der Waals surface area contributed by atoms with Crippen LogP contribution in [0, 0.1) is 12.7 Å². The van der Waals surface area contributed by atoms with Gasteiger partial charge in [0.2, 0.25) is 0 Å². The first-order chi connectivity index (χ1) is 12.5. The third kappa shape index (κ3) is 4.20. The number of esters is 1. The maximum Gasteiger partial charge on any atom is 0.338 e. The lowest BCUT2D eigenvalue weighted by atomic mass is 10.1. The van der Waals surface area contributed by atoms with Gasteiger partial charge < -0.3 is 14.5 Å². The first-order valence-electron chi connectivity index (χ1n) is 8.55. The van der Waals surface area contributed by atoms with E-state index in [1.807, 2.05) is 19.1 Å². The number of anilines is 1. The molecule has 0 saturated carbocycles. The molecule has 136 valence electrons.